The van der Waals surface area contributed by atoms with Gasteiger partial charge in [-0.15, -0.1) is 10.2 Å². The number of carbonyl (C=O) groups is 1. The summed E-state index contributed by atoms with van der Waals surface area (Å²) in [5.41, 5.74) is 0. The second-order valence-corrected chi connectivity index (χ2v) is 8.16. The Bertz CT molecular complexity index is 576. The van der Waals surface area contributed by atoms with Gasteiger partial charge < -0.3 is 14.4 Å². The van der Waals surface area contributed by atoms with E-state index >= 15 is 0 Å². The first-order chi connectivity index (χ1) is 12.0. The third-order valence-corrected chi connectivity index (χ3v) is 5.78. The highest BCUT2D eigenvalue weighted by atomic mass is 16.2. The molecule has 25 heavy (non-hydrogen) atoms. The lowest BCUT2D eigenvalue weighted by Gasteiger charge is -2.33. The lowest BCUT2D eigenvalue weighted by molar-refractivity contribution is -0.133. The first kappa shape index (κ1) is 18.4. The van der Waals surface area contributed by atoms with Crippen LogP contribution in [0.1, 0.15) is 68.9 Å². The molecule has 6 nitrogen and oxygen atoms in total. The Balaban J connectivity index is 1.60. The number of nitrogens with zero attached hydrogens (tertiary/aromatic N) is 5. The van der Waals surface area contributed by atoms with E-state index in [1.807, 2.05) is 14.1 Å². The third-order valence-electron chi connectivity index (χ3n) is 5.78. The molecule has 1 saturated heterocycles. The van der Waals surface area contributed by atoms with Gasteiger partial charge in [-0.2, -0.15) is 0 Å². The topological polar surface area (TPSA) is 54.3 Å². The lowest BCUT2D eigenvalue weighted by atomic mass is 9.86. The average molecular weight is 348 g/mol. The van der Waals surface area contributed by atoms with Crippen LogP contribution in [0.25, 0.3) is 0 Å². The molecule has 0 N–H and O–H groups in total. The van der Waals surface area contributed by atoms with E-state index in [0.29, 0.717) is 17.7 Å². The molecule has 3 rings (SSSR count). The zero-order valence-electron chi connectivity index (χ0n) is 16.1. The molecule has 6 heteroatoms. The van der Waals surface area contributed by atoms with E-state index in [2.05, 4.69) is 31.6 Å². The Morgan fingerprint density at radius 1 is 1.12 bits per heavy atom. The van der Waals surface area contributed by atoms with Gasteiger partial charge >= 0.3 is 0 Å². The van der Waals surface area contributed by atoms with E-state index < -0.39 is 0 Å². The summed E-state index contributed by atoms with van der Waals surface area (Å²) in [7, 11) is 6.14. The van der Waals surface area contributed by atoms with Crippen LogP contribution in [0, 0.1) is 5.92 Å². The van der Waals surface area contributed by atoms with E-state index in [1.54, 1.807) is 0 Å². The summed E-state index contributed by atoms with van der Waals surface area (Å²) in [6.45, 7) is 2.50. The van der Waals surface area contributed by atoms with Gasteiger partial charge in [0.05, 0.1) is 6.54 Å². The molecule has 0 spiro atoms. The van der Waals surface area contributed by atoms with E-state index in [0.717, 1.165) is 50.5 Å². The van der Waals surface area contributed by atoms with Gasteiger partial charge in [0.15, 0.2) is 0 Å². The fraction of sp³-hybridized carbons (Fsp3) is 0.842. The molecular weight excluding hydrogens is 314 g/mol. The van der Waals surface area contributed by atoms with E-state index in [-0.39, 0.29) is 0 Å². The third kappa shape index (κ3) is 4.60. The van der Waals surface area contributed by atoms with Gasteiger partial charge in [-0.3, -0.25) is 4.79 Å². The number of carbonyl (C=O) groups excluding carboxylic acids is 1. The van der Waals surface area contributed by atoms with Gasteiger partial charge in [-0.25, -0.2) is 0 Å². The van der Waals surface area contributed by atoms with Crippen LogP contribution in [0.3, 0.4) is 0 Å². The minimum atomic E-state index is 0.317. The maximum atomic E-state index is 12.8. The lowest BCUT2D eigenvalue weighted by Crippen LogP contribution is -2.40. The van der Waals surface area contributed by atoms with Crippen molar-refractivity contribution in [1.82, 2.24) is 24.6 Å². The average Bonchev–Trinajstić information content (AvgIpc) is 2.96. The van der Waals surface area contributed by atoms with Crippen molar-refractivity contribution in [2.75, 3.05) is 27.2 Å². The van der Waals surface area contributed by atoms with Gasteiger partial charge in [-0.1, -0.05) is 19.3 Å². The molecule has 1 aromatic heterocycles. The summed E-state index contributed by atoms with van der Waals surface area (Å²) in [6.07, 6.45) is 9.33. The van der Waals surface area contributed by atoms with Crippen molar-refractivity contribution in [3.8, 4) is 0 Å². The predicted octanol–water partition coefficient (Wildman–Crippen LogP) is 2.55. The maximum Gasteiger partial charge on any atom is 0.222 e. The first-order valence-corrected chi connectivity index (χ1v) is 9.85. The Morgan fingerprint density at radius 2 is 1.88 bits per heavy atom. The standard InChI is InChI=1S/C19H33N5O/c1-22(2)14-17-20-21-19(23(17)3)16-10-7-11-24(13-16)18(25)12-15-8-5-4-6-9-15/h15-16H,4-14H2,1-3H3. The van der Waals surface area contributed by atoms with Crippen molar-refractivity contribution in [3.05, 3.63) is 11.6 Å². The van der Waals surface area contributed by atoms with Crippen molar-refractivity contribution in [2.45, 2.75) is 63.8 Å². The van der Waals surface area contributed by atoms with E-state index in [4.69, 9.17) is 0 Å². The molecule has 1 aromatic rings. The minimum absolute atomic E-state index is 0.317. The monoisotopic (exact) mass is 347 g/mol. The maximum absolute atomic E-state index is 12.8. The molecule has 1 atom stereocenters. The van der Waals surface area contributed by atoms with Crippen LogP contribution in [0.5, 0.6) is 0 Å². The number of hydrogen-bond acceptors (Lipinski definition) is 4. The van der Waals surface area contributed by atoms with Crippen LogP contribution >= 0.6 is 0 Å². The number of amides is 1. The summed E-state index contributed by atoms with van der Waals surface area (Å²) in [4.78, 5) is 16.9. The van der Waals surface area contributed by atoms with Crippen LogP contribution in [0.2, 0.25) is 0 Å². The van der Waals surface area contributed by atoms with Crippen LogP contribution in [0.15, 0.2) is 0 Å². The molecule has 1 aliphatic carbocycles. The molecular formula is C19H33N5O. The van der Waals surface area contributed by atoms with Crippen LogP contribution in [-0.4, -0.2) is 57.7 Å². The Hall–Kier alpha value is -1.43. The fourth-order valence-electron chi connectivity index (χ4n) is 4.33. The van der Waals surface area contributed by atoms with Gasteiger partial charge in [-0.05, 0) is 45.7 Å². The van der Waals surface area contributed by atoms with Gasteiger partial charge in [0.1, 0.15) is 11.6 Å². The Kier molecular flexibility index (Phi) is 6.10. The molecule has 1 amide bonds. The highest BCUT2D eigenvalue weighted by molar-refractivity contribution is 5.76. The van der Waals surface area contributed by atoms with Crippen LogP contribution in [0.4, 0.5) is 0 Å². The summed E-state index contributed by atoms with van der Waals surface area (Å²) in [6, 6.07) is 0. The smallest absolute Gasteiger partial charge is 0.222 e. The Labute approximate surface area is 151 Å². The largest absolute Gasteiger partial charge is 0.342 e. The second kappa shape index (κ2) is 8.30. The number of rotatable bonds is 5. The fourth-order valence-corrected chi connectivity index (χ4v) is 4.33. The van der Waals surface area contributed by atoms with Gasteiger partial charge in [0.25, 0.3) is 0 Å². The highest BCUT2D eigenvalue weighted by Crippen LogP contribution is 2.30. The SMILES string of the molecule is CN(C)Cc1nnc(C2CCCN(C(=O)CC3CCCCC3)C2)n1C. The quantitative estimate of drug-likeness (QED) is 0.821. The van der Waals surface area contributed by atoms with Crippen molar-refractivity contribution < 1.29 is 4.79 Å². The summed E-state index contributed by atoms with van der Waals surface area (Å²) < 4.78 is 2.12. The van der Waals surface area contributed by atoms with Gasteiger partial charge in [0, 0.05) is 32.5 Å². The molecule has 0 bridgehead atoms. The zero-order chi connectivity index (χ0) is 17.8. The highest BCUT2D eigenvalue weighted by Gasteiger charge is 2.29. The second-order valence-electron chi connectivity index (χ2n) is 8.16. The molecule has 2 fully saturated rings. The number of likely N-dealkylation sites (tertiary alicyclic amines) is 1. The van der Waals surface area contributed by atoms with Crippen molar-refractivity contribution >= 4 is 5.91 Å². The molecule has 2 heterocycles. The summed E-state index contributed by atoms with van der Waals surface area (Å²) in [5.74, 6) is 3.31. The predicted molar refractivity (Wildman–Crippen MR) is 98.1 cm³/mol. The molecule has 1 aliphatic heterocycles. The number of aromatic nitrogens is 3. The summed E-state index contributed by atoms with van der Waals surface area (Å²) in [5, 5.41) is 8.81. The minimum Gasteiger partial charge on any atom is -0.342 e. The Morgan fingerprint density at radius 3 is 2.60 bits per heavy atom. The molecule has 1 unspecified atom stereocenters. The normalized spacial score (nSPS) is 22.6. The molecule has 0 aromatic carbocycles. The zero-order valence-corrected chi connectivity index (χ0v) is 16.1. The molecule has 2 aliphatic rings. The van der Waals surface area contributed by atoms with Crippen molar-refractivity contribution in [3.63, 3.8) is 0 Å². The van der Waals surface area contributed by atoms with Crippen molar-refractivity contribution in [2.24, 2.45) is 13.0 Å². The van der Waals surface area contributed by atoms with Crippen molar-refractivity contribution in [1.29, 1.82) is 0 Å². The first-order valence-electron chi connectivity index (χ1n) is 9.85. The van der Waals surface area contributed by atoms with E-state index in [9.17, 15) is 4.79 Å². The molecule has 1 saturated carbocycles. The van der Waals surface area contributed by atoms with Crippen LogP contribution in [-0.2, 0) is 18.4 Å². The van der Waals surface area contributed by atoms with E-state index in [1.165, 1.54) is 32.1 Å². The molecule has 140 valence electrons. The van der Waals surface area contributed by atoms with Crippen LogP contribution < -0.4 is 0 Å². The number of piperidine rings is 1. The van der Waals surface area contributed by atoms with Gasteiger partial charge in [0.2, 0.25) is 5.91 Å². The molecule has 0 radical (unpaired) electrons. The summed E-state index contributed by atoms with van der Waals surface area (Å²) >= 11 is 0. The number of hydrogen-bond donors (Lipinski definition) is 0.